The van der Waals surface area contributed by atoms with E-state index in [0.29, 0.717) is 8.95 Å². The van der Waals surface area contributed by atoms with Crippen LogP contribution < -0.4 is 5.32 Å². The Labute approximate surface area is 135 Å². The number of rotatable bonds is 3. The summed E-state index contributed by atoms with van der Waals surface area (Å²) in [6.45, 7) is 1.79. The Morgan fingerprint density at radius 1 is 1.35 bits per heavy atom. The molecule has 2 aromatic rings. The number of benzene rings is 1. The Bertz CT molecular complexity index is 700. The number of aromatic carboxylic acids is 1. The van der Waals surface area contributed by atoms with Gasteiger partial charge in [0, 0.05) is 14.3 Å². The lowest BCUT2D eigenvalue weighted by molar-refractivity contribution is 0.0698. The molecule has 0 aliphatic heterocycles. The molecule has 0 radical (unpaired) electrons. The Morgan fingerprint density at radius 3 is 2.60 bits per heavy atom. The van der Waals surface area contributed by atoms with Crippen molar-refractivity contribution in [1.82, 2.24) is 4.98 Å². The van der Waals surface area contributed by atoms with Gasteiger partial charge in [-0.25, -0.2) is 9.78 Å². The van der Waals surface area contributed by atoms with Crippen molar-refractivity contribution in [2.24, 2.45) is 0 Å². The number of carbonyl (C=O) groups is 2. The first-order valence-electron chi connectivity index (χ1n) is 5.34. The number of hydrogen-bond donors (Lipinski definition) is 2. The fourth-order valence-corrected chi connectivity index (χ4v) is 3.43. The van der Waals surface area contributed by atoms with Crippen LogP contribution in [0.3, 0.4) is 0 Å². The van der Waals surface area contributed by atoms with E-state index in [-0.39, 0.29) is 16.9 Å². The second kappa shape index (κ2) is 6.02. The van der Waals surface area contributed by atoms with Gasteiger partial charge in [0.25, 0.3) is 5.91 Å². The molecule has 1 amide bonds. The molecule has 104 valence electrons. The molecule has 20 heavy (non-hydrogen) atoms. The highest BCUT2D eigenvalue weighted by Crippen LogP contribution is 2.31. The normalized spacial score (nSPS) is 10.3. The van der Waals surface area contributed by atoms with Crippen LogP contribution in [0.4, 0.5) is 5.69 Å². The van der Waals surface area contributed by atoms with E-state index in [4.69, 9.17) is 0 Å². The van der Waals surface area contributed by atoms with Gasteiger partial charge in [-0.1, -0.05) is 15.9 Å². The average Bonchev–Trinajstić information content (AvgIpc) is 2.78. The van der Waals surface area contributed by atoms with E-state index in [1.807, 2.05) is 0 Å². The second-order valence-corrected chi connectivity index (χ2v) is 6.65. The van der Waals surface area contributed by atoms with Gasteiger partial charge >= 0.3 is 5.97 Å². The maximum absolute atomic E-state index is 12.0. The van der Waals surface area contributed by atoms with E-state index in [2.05, 4.69) is 42.2 Å². The minimum Gasteiger partial charge on any atom is -0.478 e. The molecule has 1 aromatic heterocycles. The van der Waals surface area contributed by atoms with Crippen molar-refractivity contribution in [2.45, 2.75) is 6.92 Å². The summed E-state index contributed by atoms with van der Waals surface area (Å²) in [6, 6.07) is 3.09. The maximum atomic E-state index is 12.0. The molecule has 1 heterocycles. The number of aryl methyl sites for hydroxylation is 1. The van der Waals surface area contributed by atoms with Crippen molar-refractivity contribution >= 4 is 60.8 Å². The van der Waals surface area contributed by atoms with Gasteiger partial charge in [0.2, 0.25) is 0 Å². The van der Waals surface area contributed by atoms with Gasteiger partial charge in [0.15, 0.2) is 0 Å². The smallest absolute Gasteiger partial charge is 0.337 e. The number of thiazole rings is 1. The van der Waals surface area contributed by atoms with E-state index in [0.717, 1.165) is 5.01 Å². The number of nitrogens with one attached hydrogen (secondary N) is 1. The molecule has 0 saturated heterocycles. The van der Waals surface area contributed by atoms with Gasteiger partial charge in [-0.05, 0) is 35.0 Å². The van der Waals surface area contributed by atoms with Crippen LogP contribution in [0.15, 0.2) is 26.5 Å². The molecular weight excluding hydrogens is 412 g/mol. The standard InChI is InChI=1S/C12H8Br2N2O3S/c1-5-15-9(4-20-5)11(17)16-10-7(12(18)19)2-6(13)3-8(10)14/h2-4H,1H3,(H,16,17)(H,18,19). The minimum absolute atomic E-state index is 0.00782. The largest absolute Gasteiger partial charge is 0.478 e. The first-order valence-corrected chi connectivity index (χ1v) is 7.81. The number of amides is 1. The molecule has 1 aromatic carbocycles. The van der Waals surface area contributed by atoms with Crippen LogP contribution in [0, 0.1) is 6.92 Å². The van der Waals surface area contributed by atoms with Crippen LogP contribution in [0.5, 0.6) is 0 Å². The number of halogens is 2. The molecular formula is C12H8Br2N2O3S. The van der Waals surface area contributed by atoms with Gasteiger partial charge in [-0.3, -0.25) is 4.79 Å². The maximum Gasteiger partial charge on any atom is 0.337 e. The first-order chi connectivity index (χ1) is 9.38. The third-order valence-electron chi connectivity index (χ3n) is 2.38. The summed E-state index contributed by atoms with van der Waals surface area (Å²) in [7, 11) is 0. The first kappa shape index (κ1) is 15.1. The fourth-order valence-electron chi connectivity index (χ4n) is 1.51. The van der Waals surface area contributed by atoms with Crippen molar-refractivity contribution in [3.63, 3.8) is 0 Å². The Kier molecular flexibility index (Phi) is 4.56. The molecule has 0 aliphatic rings. The number of carboxylic acids is 1. The highest BCUT2D eigenvalue weighted by Gasteiger charge is 2.18. The number of nitrogens with zero attached hydrogens (tertiary/aromatic N) is 1. The molecule has 2 rings (SSSR count). The SMILES string of the molecule is Cc1nc(C(=O)Nc2c(Br)cc(Br)cc2C(=O)O)cs1. The Hall–Kier alpha value is -1.25. The zero-order valence-corrected chi connectivity index (χ0v) is 14.1. The fraction of sp³-hybridized carbons (Fsp3) is 0.0833. The summed E-state index contributed by atoms with van der Waals surface area (Å²) in [4.78, 5) is 27.4. The average molecular weight is 420 g/mol. The van der Waals surface area contributed by atoms with Gasteiger partial charge in [-0.2, -0.15) is 0 Å². The lowest BCUT2D eigenvalue weighted by Crippen LogP contribution is -2.15. The van der Waals surface area contributed by atoms with E-state index in [1.165, 1.54) is 17.4 Å². The zero-order valence-electron chi connectivity index (χ0n) is 10.1. The number of carbonyl (C=O) groups excluding carboxylic acids is 1. The molecule has 5 nitrogen and oxygen atoms in total. The quantitative estimate of drug-likeness (QED) is 0.789. The summed E-state index contributed by atoms with van der Waals surface area (Å²) in [5, 5.41) is 14.2. The van der Waals surface area contributed by atoms with Crippen LogP contribution in [-0.4, -0.2) is 22.0 Å². The van der Waals surface area contributed by atoms with Gasteiger partial charge in [-0.15, -0.1) is 11.3 Å². The predicted molar refractivity (Wildman–Crippen MR) is 83.6 cm³/mol. The predicted octanol–water partition coefficient (Wildman–Crippen LogP) is 3.93. The van der Waals surface area contributed by atoms with Crippen LogP contribution in [-0.2, 0) is 0 Å². The van der Waals surface area contributed by atoms with Gasteiger partial charge in [0.1, 0.15) is 5.69 Å². The molecule has 8 heteroatoms. The number of carboxylic acid groups (broad SMARTS) is 1. The summed E-state index contributed by atoms with van der Waals surface area (Å²) in [5.74, 6) is -1.57. The van der Waals surface area contributed by atoms with Crippen molar-refractivity contribution in [1.29, 1.82) is 0 Å². The van der Waals surface area contributed by atoms with Gasteiger partial charge < -0.3 is 10.4 Å². The zero-order chi connectivity index (χ0) is 14.9. The van der Waals surface area contributed by atoms with E-state index >= 15 is 0 Å². The Balaban J connectivity index is 2.38. The summed E-state index contributed by atoms with van der Waals surface area (Å²) >= 11 is 7.81. The van der Waals surface area contributed by atoms with E-state index in [9.17, 15) is 14.7 Å². The van der Waals surface area contributed by atoms with Crippen LogP contribution >= 0.6 is 43.2 Å². The summed E-state index contributed by atoms with van der Waals surface area (Å²) in [6.07, 6.45) is 0. The molecule has 2 N–H and O–H groups in total. The highest BCUT2D eigenvalue weighted by atomic mass is 79.9. The lowest BCUT2D eigenvalue weighted by atomic mass is 10.2. The van der Waals surface area contributed by atoms with Gasteiger partial charge in [0.05, 0.1) is 16.3 Å². The number of hydrogen-bond acceptors (Lipinski definition) is 4. The Morgan fingerprint density at radius 2 is 2.05 bits per heavy atom. The van der Waals surface area contributed by atoms with E-state index < -0.39 is 11.9 Å². The third kappa shape index (κ3) is 3.25. The topological polar surface area (TPSA) is 79.3 Å². The van der Waals surface area contributed by atoms with Crippen molar-refractivity contribution in [3.05, 3.63) is 42.7 Å². The monoisotopic (exact) mass is 418 g/mol. The molecule has 0 aliphatic carbocycles. The molecule has 0 saturated carbocycles. The van der Waals surface area contributed by atoms with Crippen LogP contribution in [0.1, 0.15) is 25.9 Å². The number of anilines is 1. The summed E-state index contributed by atoms with van der Waals surface area (Å²) < 4.78 is 1.08. The van der Waals surface area contributed by atoms with E-state index in [1.54, 1.807) is 18.4 Å². The number of aromatic nitrogens is 1. The van der Waals surface area contributed by atoms with Crippen molar-refractivity contribution in [2.75, 3.05) is 5.32 Å². The summed E-state index contributed by atoms with van der Waals surface area (Å²) in [5.41, 5.74) is 0.460. The molecule has 0 spiro atoms. The minimum atomic E-state index is -1.13. The van der Waals surface area contributed by atoms with Crippen molar-refractivity contribution in [3.8, 4) is 0 Å². The van der Waals surface area contributed by atoms with Crippen LogP contribution in [0.2, 0.25) is 0 Å². The molecule has 0 atom stereocenters. The highest BCUT2D eigenvalue weighted by molar-refractivity contribution is 9.11. The van der Waals surface area contributed by atoms with Crippen molar-refractivity contribution < 1.29 is 14.7 Å². The lowest BCUT2D eigenvalue weighted by Gasteiger charge is -2.10. The van der Waals surface area contributed by atoms with Crippen LogP contribution in [0.25, 0.3) is 0 Å². The molecule has 0 fully saturated rings. The second-order valence-electron chi connectivity index (χ2n) is 3.82. The molecule has 0 unspecified atom stereocenters. The third-order valence-corrected chi connectivity index (χ3v) is 4.23. The molecule has 0 bridgehead atoms.